The van der Waals surface area contributed by atoms with E-state index < -0.39 is 0 Å². The molecular weight excluding hydrogens is 328 g/mol. The monoisotopic (exact) mass is 344 g/mol. The summed E-state index contributed by atoms with van der Waals surface area (Å²) in [5.74, 6) is 2.06. The van der Waals surface area contributed by atoms with Gasteiger partial charge in [0, 0.05) is 0 Å². The average Bonchev–Trinajstić information content (AvgIpc) is 3.10. The highest BCUT2D eigenvalue weighted by atomic mass is 35.5. The first kappa shape index (κ1) is 16.3. The minimum Gasteiger partial charge on any atom is -0.493 e. The molecule has 1 aromatic heterocycles. The molecule has 6 heteroatoms. The lowest BCUT2D eigenvalue weighted by atomic mass is 10.2. The van der Waals surface area contributed by atoms with Crippen LogP contribution in [0.4, 0.5) is 0 Å². The Balaban J connectivity index is 1.86. The Labute approximate surface area is 145 Å². The molecule has 0 saturated heterocycles. The van der Waals surface area contributed by atoms with Crippen LogP contribution in [0.25, 0.3) is 11.5 Å². The van der Waals surface area contributed by atoms with E-state index in [2.05, 4.69) is 10.2 Å². The lowest BCUT2D eigenvalue weighted by Crippen LogP contribution is -2.07. The number of methoxy groups -OCH3 is 1. The maximum Gasteiger partial charge on any atom is 0.257 e. The van der Waals surface area contributed by atoms with E-state index in [0.29, 0.717) is 40.3 Å². The largest absolute Gasteiger partial charge is 0.493 e. The van der Waals surface area contributed by atoms with Gasteiger partial charge in [0.2, 0.25) is 5.89 Å². The highest BCUT2D eigenvalue weighted by Crippen LogP contribution is 2.33. The Morgan fingerprint density at radius 3 is 2.46 bits per heavy atom. The number of rotatable bonds is 6. The zero-order chi connectivity index (χ0) is 16.9. The minimum atomic E-state index is -0.370. The second kappa shape index (κ2) is 7.36. The minimum absolute atomic E-state index is 0.370. The molecule has 1 unspecified atom stereocenters. The Bertz CT molecular complexity index is 819. The van der Waals surface area contributed by atoms with Gasteiger partial charge in [-0.25, -0.2) is 0 Å². The first-order valence-electron chi connectivity index (χ1n) is 7.61. The van der Waals surface area contributed by atoms with Crippen LogP contribution in [0.15, 0.2) is 52.9 Å². The smallest absolute Gasteiger partial charge is 0.257 e. The zero-order valence-corrected chi connectivity index (χ0v) is 14.2. The number of para-hydroxylation sites is 2. The molecule has 0 aliphatic carbocycles. The number of halogens is 1. The van der Waals surface area contributed by atoms with Crippen LogP contribution in [0, 0.1) is 0 Å². The SMILES string of the molecule is CCC(Oc1ccccc1OC)c1nnc(-c2ccccc2Cl)o1. The van der Waals surface area contributed by atoms with Crippen molar-refractivity contribution >= 4 is 11.6 Å². The zero-order valence-electron chi connectivity index (χ0n) is 13.4. The van der Waals surface area contributed by atoms with E-state index in [0.717, 1.165) is 0 Å². The van der Waals surface area contributed by atoms with Crippen molar-refractivity contribution < 1.29 is 13.9 Å². The van der Waals surface area contributed by atoms with Crippen LogP contribution in [-0.4, -0.2) is 17.3 Å². The molecule has 0 aliphatic rings. The van der Waals surface area contributed by atoms with Gasteiger partial charge in [0.25, 0.3) is 5.89 Å². The van der Waals surface area contributed by atoms with E-state index in [4.69, 9.17) is 25.5 Å². The Kier molecular flexibility index (Phi) is 5.01. The van der Waals surface area contributed by atoms with Gasteiger partial charge in [-0.05, 0) is 30.7 Å². The van der Waals surface area contributed by atoms with Crippen molar-refractivity contribution in [3.05, 3.63) is 59.4 Å². The fraction of sp³-hybridized carbons (Fsp3) is 0.222. The highest BCUT2D eigenvalue weighted by Gasteiger charge is 2.21. The van der Waals surface area contributed by atoms with Gasteiger partial charge >= 0.3 is 0 Å². The second-order valence-electron chi connectivity index (χ2n) is 5.09. The summed E-state index contributed by atoms with van der Waals surface area (Å²) >= 11 is 6.18. The highest BCUT2D eigenvalue weighted by molar-refractivity contribution is 6.33. The topological polar surface area (TPSA) is 57.4 Å². The molecule has 0 radical (unpaired) electrons. The Morgan fingerprint density at radius 1 is 1.04 bits per heavy atom. The summed E-state index contributed by atoms with van der Waals surface area (Å²) in [5, 5.41) is 8.76. The van der Waals surface area contributed by atoms with Crippen molar-refractivity contribution in [2.24, 2.45) is 0 Å². The first-order chi connectivity index (χ1) is 11.7. The van der Waals surface area contributed by atoms with E-state index in [1.807, 2.05) is 49.4 Å². The fourth-order valence-electron chi connectivity index (χ4n) is 2.29. The number of aromatic nitrogens is 2. The molecule has 3 aromatic rings. The normalized spacial score (nSPS) is 12.0. The van der Waals surface area contributed by atoms with Crippen molar-refractivity contribution in [2.45, 2.75) is 19.4 Å². The van der Waals surface area contributed by atoms with Crippen LogP contribution in [0.2, 0.25) is 5.02 Å². The number of hydrogen-bond donors (Lipinski definition) is 0. The van der Waals surface area contributed by atoms with Crippen LogP contribution in [-0.2, 0) is 0 Å². The molecule has 0 fully saturated rings. The third-order valence-electron chi connectivity index (χ3n) is 3.53. The van der Waals surface area contributed by atoms with Gasteiger partial charge in [0.1, 0.15) is 0 Å². The Morgan fingerprint density at radius 2 is 1.75 bits per heavy atom. The molecule has 3 rings (SSSR count). The maximum atomic E-state index is 6.18. The number of ether oxygens (including phenoxy) is 2. The summed E-state index contributed by atoms with van der Waals surface area (Å²) in [6, 6.07) is 14.8. The summed E-state index contributed by atoms with van der Waals surface area (Å²) in [5.41, 5.74) is 0.699. The van der Waals surface area contributed by atoms with Crippen LogP contribution in [0.3, 0.4) is 0 Å². The van der Waals surface area contributed by atoms with Gasteiger partial charge in [0.15, 0.2) is 17.6 Å². The van der Waals surface area contributed by atoms with Gasteiger partial charge in [-0.1, -0.05) is 42.8 Å². The lowest BCUT2D eigenvalue weighted by molar-refractivity contribution is 0.160. The van der Waals surface area contributed by atoms with Crippen molar-refractivity contribution in [3.8, 4) is 23.0 Å². The molecule has 1 atom stereocenters. The molecule has 2 aromatic carbocycles. The molecule has 0 aliphatic heterocycles. The first-order valence-corrected chi connectivity index (χ1v) is 7.98. The fourth-order valence-corrected chi connectivity index (χ4v) is 2.50. The van der Waals surface area contributed by atoms with E-state index in [1.165, 1.54) is 0 Å². The van der Waals surface area contributed by atoms with Gasteiger partial charge in [-0.15, -0.1) is 10.2 Å². The third kappa shape index (κ3) is 3.36. The summed E-state index contributed by atoms with van der Waals surface area (Å²) in [7, 11) is 1.60. The van der Waals surface area contributed by atoms with Crippen molar-refractivity contribution in [1.29, 1.82) is 0 Å². The van der Waals surface area contributed by atoms with Crippen LogP contribution < -0.4 is 9.47 Å². The van der Waals surface area contributed by atoms with Crippen molar-refractivity contribution in [3.63, 3.8) is 0 Å². The molecule has 0 bridgehead atoms. The standard InChI is InChI=1S/C18H17ClN2O3/c1-3-14(23-16-11-7-6-10-15(16)22-2)18-21-20-17(24-18)12-8-4-5-9-13(12)19/h4-11,14H,3H2,1-2H3. The van der Waals surface area contributed by atoms with E-state index >= 15 is 0 Å². The van der Waals surface area contributed by atoms with E-state index in [-0.39, 0.29) is 6.10 Å². The second-order valence-corrected chi connectivity index (χ2v) is 5.50. The predicted molar refractivity (Wildman–Crippen MR) is 91.4 cm³/mol. The van der Waals surface area contributed by atoms with Crippen LogP contribution in [0.5, 0.6) is 11.5 Å². The molecule has 5 nitrogen and oxygen atoms in total. The molecule has 24 heavy (non-hydrogen) atoms. The number of hydrogen-bond acceptors (Lipinski definition) is 5. The summed E-state index contributed by atoms with van der Waals surface area (Å²) in [6.07, 6.45) is 0.299. The summed E-state index contributed by atoms with van der Waals surface area (Å²) in [6.45, 7) is 1.99. The van der Waals surface area contributed by atoms with E-state index in [1.54, 1.807) is 13.2 Å². The molecule has 0 amide bonds. The maximum absolute atomic E-state index is 6.18. The van der Waals surface area contributed by atoms with Crippen LogP contribution >= 0.6 is 11.6 Å². The molecule has 0 N–H and O–H groups in total. The van der Waals surface area contributed by atoms with E-state index in [9.17, 15) is 0 Å². The predicted octanol–water partition coefficient (Wildman–Crippen LogP) is 4.93. The lowest BCUT2D eigenvalue weighted by Gasteiger charge is -2.16. The molecule has 0 saturated carbocycles. The Hall–Kier alpha value is -2.53. The van der Waals surface area contributed by atoms with Gasteiger partial charge < -0.3 is 13.9 Å². The number of nitrogens with zero attached hydrogens (tertiary/aromatic N) is 2. The molecule has 1 heterocycles. The molecule has 0 spiro atoms. The number of benzene rings is 2. The van der Waals surface area contributed by atoms with Gasteiger partial charge in [-0.2, -0.15) is 0 Å². The summed E-state index contributed by atoms with van der Waals surface area (Å²) < 4.78 is 17.1. The molecule has 124 valence electrons. The van der Waals surface area contributed by atoms with Gasteiger partial charge in [-0.3, -0.25) is 0 Å². The molecular formula is C18H17ClN2O3. The van der Waals surface area contributed by atoms with Gasteiger partial charge in [0.05, 0.1) is 17.7 Å². The van der Waals surface area contributed by atoms with Crippen molar-refractivity contribution in [2.75, 3.05) is 7.11 Å². The quantitative estimate of drug-likeness (QED) is 0.634. The average molecular weight is 345 g/mol. The third-order valence-corrected chi connectivity index (χ3v) is 3.86. The van der Waals surface area contributed by atoms with Crippen LogP contribution in [0.1, 0.15) is 25.3 Å². The summed E-state index contributed by atoms with van der Waals surface area (Å²) in [4.78, 5) is 0. The van der Waals surface area contributed by atoms with Crippen molar-refractivity contribution in [1.82, 2.24) is 10.2 Å².